The van der Waals surface area contributed by atoms with E-state index in [-0.39, 0.29) is 17.4 Å². The molecular formula is C22H18O2. The van der Waals surface area contributed by atoms with Crippen LogP contribution in [0.3, 0.4) is 0 Å². The van der Waals surface area contributed by atoms with Gasteiger partial charge < -0.3 is 10.2 Å². The van der Waals surface area contributed by atoms with Crippen LogP contribution < -0.4 is 0 Å². The van der Waals surface area contributed by atoms with Crippen molar-refractivity contribution in [2.75, 3.05) is 0 Å². The molecule has 0 atom stereocenters. The standard InChI is InChI=1S/C22H18O2/c1-14(21-17-8-4-2-6-15(17)10-12-19(21)23)22-18-9-5-3-7-16(18)11-13-20(22)24/h2-14,23-24H,1H3. The Labute approximate surface area is 140 Å². The summed E-state index contributed by atoms with van der Waals surface area (Å²) in [5, 5.41) is 25.2. The molecule has 0 aromatic heterocycles. The van der Waals surface area contributed by atoms with Gasteiger partial charge in [-0.15, -0.1) is 0 Å². The zero-order chi connectivity index (χ0) is 16.7. The Balaban J connectivity index is 2.03. The fraction of sp³-hybridized carbons (Fsp3) is 0.0909. The van der Waals surface area contributed by atoms with Crippen LogP contribution in [0, 0.1) is 0 Å². The normalized spacial score (nSPS) is 11.4. The number of hydrogen-bond acceptors (Lipinski definition) is 2. The van der Waals surface area contributed by atoms with E-state index in [9.17, 15) is 10.2 Å². The lowest BCUT2D eigenvalue weighted by Gasteiger charge is -2.20. The third kappa shape index (κ3) is 2.19. The van der Waals surface area contributed by atoms with Crippen molar-refractivity contribution < 1.29 is 10.2 Å². The predicted molar refractivity (Wildman–Crippen MR) is 98.7 cm³/mol. The zero-order valence-corrected chi connectivity index (χ0v) is 13.4. The minimum atomic E-state index is -0.137. The second-order valence-corrected chi connectivity index (χ2v) is 6.16. The van der Waals surface area contributed by atoms with Crippen LogP contribution in [0.2, 0.25) is 0 Å². The molecule has 0 radical (unpaired) electrons. The highest BCUT2D eigenvalue weighted by Crippen LogP contribution is 2.42. The molecule has 0 fully saturated rings. The minimum Gasteiger partial charge on any atom is -0.508 e. The summed E-state index contributed by atoms with van der Waals surface area (Å²) in [7, 11) is 0. The molecule has 4 aromatic rings. The Morgan fingerprint density at radius 3 is 1.46 bits per heavy atom. The lowest BCUT2D eigenvalue weighted by Crippen LogP contribution is -2.00. The predicted octanol–water partition coefficient (Wildman–Crippen LogP) is 5.56. The molecule has 0 spiro atoms. The second-order valence-electron chi connectivity index (χ2n) is 6.16. The molecule has 2 heteroatoms. The van der Waals surface area contributed by atoms with Gasteiger partial charge in [0.15, 0.2) is 0 Å². The number of benzene rings is 4. The summed E-state index contributed by atoms with van der Waals surface area (Å²) < 4.78 is 0. The first-order chi connectivity index (χ1) is 11.7. The highest BCUT2D eigenvalue weighted by molar-refractivity contribution is 5.92. The van der Waals surface area contributed by atoms with Gasteiger partial charge in [0, 0.05) is 17.0 Å². The van der Waals surface area contributed by atoms with E-state index in [1.54, 1.807) is 12.1 Å². The molecule has 0 heterocycles. The molecule has 0 aliphatic carbocycles. The number of hydrogen-bond donors (Lipinski definition) is 2. The molecule has 2 N–H and O–H groups in total. The molecule has 0 unspecified atom stereocenters. The first kappa shape index (κ1) is 14.6. The van der Waals surface area contributed by atoms with Gasteiger partial charge in [-0.05, 0) is 33.7 Å². The van der Waals surface area contributed by atoms with E-state index in [0.29, 0.717) is 0 Å². The lowest BCUT2D eigenvalue weighted by atomic mass is 9.85. The van der Waals surface area contributed by atoms with Gasteiger partial charge in [-0.25, -0.2) is 0 Å². The molecule has 0 bridgehead atoms. The molecule has 118 valence electrons. The summed E-state index contributed by atoms with van der Waals surface area (Å²) in [5.41, 5.74) is 1.69. The third-order valence-corrected chi connectivity index (χ3v) is 4.76. The first-order valence-corrected chi connectivity index (χ1v) is 8.08. The van der Waals surface area contributed by atoms with E-state index in [4.69, 9.17) is 0 Å². The zero-order valence-electron chi connectivity index (χ0n) is 13.4. The summed E-state index contributed by atoms with van der Waals surface area (Å²) in [6.45, 7) is 2.03. The summed E-state index contributed by atoms with van der Waals surface area (Å²) in [6, 6.07) is 23.3. The van der Waals surface area contributed by atoms with E-state index in [1.165, 1.54) is 0 Å². The Kier molecular flexibility index (Phi) is 3.39. The van der Waals surface area contributed by atoms with Crippen molar-refractivity contribution in [2.24, 2.45) is 0 Å². The molecule has 0 saturated heterocycles. The van der Waals surface area contributed by atoms with Crippen molar-refractivity contribution in [2.45, 2.75) is 12.8 Å². The van der Waals surface area contributed by atoms with Gasteiger partial charge in [-0.1, -0.05) is 67.6 Å². The van der Waals surface area contributed by atoms with Crippen molar-refractivity contribution in [1.82, 2.24) is 0 Å². The van der Waals surface area contributed by atoms with E-state index in [2.05, 4.69) is 0 Å². The fourth-order valence-electron chi connectivity index (χ4n) is 3.62. The van der Waals surface area contributed by atoms with E-state index >= 15 is 0 Å². The average molecular weight is 314 g/mol. The molecule has 0 saturated carbocycles. The first-order valence-electron chi connectivity index (χ1n) is 8.08. The van der Waals surface area contributed by atoms with Gasteiger partial charge >= 0.3 is 0 Å². The fourth-order valence-corrected chi connectivity index (χ4v) is 3.62. The SMILES string of the molecule is CC(c1c(O)ccc2ccccc12)c1c(O)ccc2ccccc12. The van der Waals surface area contributed by atoms with Crippen molar-refractivity contribution >= 4 is 21.5 Å². The van der Waals surface area contributed by atoms with Crippen molar-refractivity contribution in [3.8, 4) is 11.5 Å². The quantitative estimate of drug-likeness (QED) is 0.509. The van der Waals surface area contributed by atoms with Crippen molar-refractivity contribution in [3.63, 3.8) is 0 Å². The molecule has 0 aliphatic rings. The van der Waals surface area contributed by atoms with Crippen LogP contribution in [0.15, 0.2) is 72.8 Å². The average Bonchev–Trinajstić information content (AvgIpc) is 2.61. The van der Waals surface area contributed by atoms with Gasteiger partial charge in [-0.2, -0.15) is 0 Å². The summed E-state index contributed by atoms with van der Waals surface area (Å²) >= 11 is 0. The largest absolute Gasteiger partial charge is 0.508 e. The highest BCUT2D eigenvalue weighted by Gasteiger charge is 2.21. The summed E-state index contributed by atoms with van der Waals surface area (Å²) in [4.78, 5) is 0. The van der Waals surface area contributed by atoms with E-state index in [1.807, 2.05) is 67.6 Å². The number of fused-ring (bicyclic) bond motifs is 2. The van der Waals surface area contributed by atoms with Gasteiger partial charge in [0.1, 0.15) is 11.5 Å². The van der Waals surface area contributed by atoms with Crippen LogP contribution in [0.4, 0.5) is 0 Å². The van der Waals surface area contributed by atoms with Gasteiger partial charge in [0.05, 0.1) is 0 Å². The Hall–Kier alpha value is -3.00. The third-order valence-electron chi connectivity index (χ3n) is 4.76. The lowest BCUT2D eigenvalue weighted by molar-refractivity contribution is 0.459. The molecule has 4 rings (SSSR count). The van der Waals surface area contributed by atoms with Crippen LogP contribution in [-0.2, 0) is 0 Å². The maximum Gasteiger partial charge on any atom is 0.120 e. The minimum absolute atomic E-state index is 0.137. The van der Waals surface area contributed by atoms with Gasteiger partial charge in [-0.3, -0.25) is 0 Å². The van der Waals surface area contributed by atoms with Crippen LogP contribution in [0.25, 0.3) is 21.5 Å². The van der Waals surface area contributed by atoms with Crippen LogP contribution >= 0.6 is 0 Å². The monoisotopic (exact) mass is 314 g/mol. The summed E-state index contributed by atoms with van der Waals surface area (Å²) in [6.07, 6.45) is 0. The molecule has 24 heavy (non-hydrogen) atoms. The Morgan fingerprint density at radius 2 is 1.00 bits per heavy atom. The molecule has 2 nitrogen and oxygen atoms in total. The van der Waals surface area contributed by atoms with Gasteiger partial charge in [0.2, 0.25) is 0 Å². The number of phenolic OH excluding ortho intramolecular Hbond substituents is 2. The van der Waals surface area contributed by atoms with Crippen molar-refractivity contribution in [1.29, 1.82) is 0 Å². The summed E-state index contributed by atoms with van der Waals surface area (Å²) in [5.74, 6) is 0.379. The maximum absolute atomic E-state index is 10.5. The molecule has 0 amide bonds. The van der Waals surface area contributed by atoms with E-state index < -0.39 is 0 Å². The van der Waals surface area contributed by atoms with Crippen LogP contribution in [-0.4, -0.2) is 10.2 Å². The number of phenols is 2. The topological polar surface area (TPSA) is 40.5 Å². The second kappa shape index (κ2) is 5.57. The van der Waals surface area contributed by atoms with Gasteiger partial charge in [0.25, 0.3) is 0 Å². The molecule has 4 aromatic carbocycles. The van der Waals surface area contributed by atoms with E-state index in [0.717, 1.165) is 32.7 Å². The molecular weight excluding hydrogens is 296 g/mol. The Morgan fingerprint density at radius 1 is 0.583 bits per heavy atom. The molecule has 0 aliphatic heterocycles. The van der Waals surface area contributed by atoms with Crippen LogP contribution in [0.5, 0.6) is 11.5 Å². The highest BCUT2D eigenvalue weighted by atomic mass is 16.3. The number of rotatable bonds is 2. The maximum atomic E-state index is 10.5. The Bertz CT molecular complexity index is 965. The number of aromatic hydroxyl groups is 2. The van der Waals surface area contributed by atoms with Crippen molar-refractivity contribution in [3.05, 3.63) is 83.9 Å². The van der Waals surface area contributed by atoms with Crippen LogP contribution in [0.1, 0.15) is 24.0 Å². The smallest absolute Gasteiger partial charge is 0.120 e.